The molecule has 0 radical (unpaired) electrons. The summed E-state index contributed by atoms with van der Waals surface area (Å²) in [5, 5.41) is 2.89. The first-order valence-corrected chi connectivity index (χ1v) is 14.1. The van der Waals surface area contributed by atoms with Crippen molar-refractivity contribution in [2.75, 3.05) is 13.6 Å². The van der Waals surface area contributed by atoms with Crippen LogP contribution in [0, 0.1) is 6.92 Å². The topological polar surface area (TPSA) is 98.4 Å². The Morgan fingerprint density at radius 2 is 1.87 bits per heavy atom. The number of carbonyl (C=O) groups excluding carboxylic acids is 3. The molecular formula is C31H41N5O3. The second-order valence-corrected chi connectivity index (χ2v) is 10.9. The van der Waals surface area contributed by atoms with Crippen LogP contribution in [0.3, 0.4) is 0 Å². The Balaban J connectivity index is 1.49. The van der Waals surface area contributed by atoms with E-state index < -0.39 is 6.04 Å². The lowest BCUT2D eigenvalue weighted by molar-refractivity contribution is -0.137. The van der Waals surface area contributed by atoms with E-state index in [2.05, 4.69) is 17.2 Å². The zero-order valence-electron chi connectivity index (χ0n) is 23.6. The Morgan fingerprint density at radius 1 is 1.10 bits per heavy atom. The SMILES string of the molecule is CC[C@H]1CCCCN1C(=O)C[C@H](NC(=O)N(C)Cc1ccccc1)C(=O)C[C@@H](C)c1nc2c(C)cccc2[nH]1. The first-order valence-electron chi connectivity index (χ1n) is 14.1. The zero-order chi connectivity index (χ0) is 27.9. The van der Waals surface area contributed by atoms with Gasteiger partial charge >= 0.3 is 6.03 Å². The van der Waals surface area contributed by atoms with Gasteiger partial charge in [0.05, 0.1) is 23.5 Å². The van der Waals surface area contributed by atoms with E-state index in [1.165, 1.54) is 0 Å². The van der Waals surface area contributed by atoms with Crippen LogP contribution >= 0.6 is 0 Å². The summed E-state index contributed by atoms with van der Waals surface area (Å²) in [6.07, 6.45) is 4.08. The van der Waals surface area contributed by atoms with Gasteiger partial charge in [-0.2, -0.15) is 0 Å². The number of nitrogens with one attached hydrogen (secondary N) is 2. The average molecular weight is 532 g/mol. The molecule has 1 aromatic heterocycles. The number of imidazole rings is 1. The summed E-state index contributed by atoms with van der Waals surface area (Å²) in [7, 11) is 1.70. The minimum Gasteiger partial charge on any atom is -0.342 e. The Hall–Kier alpha value is -3.68. The molecule has 8 nitrogen and oxygen atoms in total. The highest BCUT2D eigenvalue weighted by Gasteiger charge is 2.32. The Morgan fingerprint density at radius 3 is 2.59 bits per heavy atom. The second kappa shape index (κ2) is 12.9. The van der Waals surface area contributed by atoms with Crippen LogP contribution in [-0.2, 0) is 16.1 Å². The Bertz CT molecular complexity index is 1290. The number of urea groups is 1. The van der Waals surface area contributed by atoms with Gasteiger partial charge in [0.15, 0.2) is 5.78 Å². The molecule has 3 amide bonds. The van der Waals surface area contributed by atoms with Gasteiger partial charge in [0.2, 0.25) is 5.91 Å². The molecule has 0 aliphatic carbocycles. The highest BCUT2D eigenvalue weighted by Crippen LogP contribution is 2.24. The fourth-order valence-electron chi connectivity index (χ4n) is 5.45. The molecule has 0 bridgehead atoms. The Kier molecular flexibility index (Phi) is 9.38. The monoisotopic (exact) mass is 531 g/mol. The molecular weight excluding hydrogens is 490 g/mol. The maximum Gasteiger partial charge on any atom is 0.318 e. The van der Waals surface area contributed by atoms with Gasteiger partial charge in [-0.25, -0.2) is 9.78 Å². The van der Waals surface area contributed by atoms with Gasteiger partial charge in [0.25, 0.3) is 0 Å². The number of hydrogen-bond acceptors (Lipinski definition) is 4. The third-order valence-electron chi connectivity index (χ3n) is 7.80. The van der Waals surface area contributed by atoms with Gasteiger partial charge in [-0.1, -0.05) is 56.3 Å². The number of aromatic nitrogens is 2. The summed E-state index contributed by atoms with van der Waals surface area (Å²) in [6.45, 7) is 7.16. The van der Waals surface area contributed by atoms with Crippen molar-refractivity contribution in [1.29, 1.82) is 0 Å². The third-order valence-corrected chi connectivity index (χ3v) is 7.80. The molecule has 2 aromatic carbocycles. The van der Waals surface area contributed by atoms with Gasteiger partial charge in [0.1, 0.15) is 5.82 Å². The molecule has 208 valence electrons. The lowest BCUT2D eigenvalue weighted by Gasteiger charge is -2.36. The van der Waals surface area contributed by atoms with E-state index in [0.29, 0.717) is 13.1 Å². The first-order chi connectivity index (χ1) is 18.8. The van der Waals surface area contributed by atoms with Crippen molar-refractivity contribution in [1.82, 2.24) is 25.1 Å². The van der Waals surface area contributed by atoms with Gasteiger partial charge in [0, 0.05) is 38.5 Å². The second-order valence-electron chi connectivity index (χ2n) is 10.9. The molecule has 1 aliphatic rings. The van der Waals surface area contributed by atoms with Crippen molar-refractivity contribution in [3.63, 3.8) is 0 Å². The minimum atomic E-state index is -0.906. The summed E-state index contributed by atoms with van der Waals surface area (Å²) >= 11 is 0. The largest absolute Gasteiger partial charge is 0.342 e. The molecule has 1 saturated heterocycles. The van der Waals surface area contributed by atoms with Gasteiger partial charge in [-0.15, -0.1) is 0 Å². The smallest absolute Gasteiger partial charge is 0.318 e. The third kappa shape index (κ3) is 7.05. The number of rotatable bonds is 10. The molecule has 3 aromatic rings. The number of H-pyrrole nitrogens is 1. The Labute approximate surface area is 231 Å². The van der Waals surface area contributed by atoms with E-state index in [1.807, 2.05) is 67.3 Å². The maximum absolute atomic E-state index is 13.6. The van der Waals surface area contributed by atoms with Crippen molar-refractivity contribution in [3.8, 4) is 0 Å². The summed E-state index contributed by atoms with van der Waals surface area (Å²) in [6, 6.07) is 14.6. The molecule has 2 heterocycles. The first kappa shape index (κ1) is 28.3. The number of amides is 3. The van der Waals surface area contributed by atoms with Crippen LogP contribution in [0.1, 0.15) is 75.2 Å². The average Bonchev–Trinajstić information content (AvgIpc) is 3.39. The lowest BCUT2D eigenvalue weighted by atomic mass is 9.95. The molecule has 4 rings (SSSR count). The van der Waals surface area contributed by atoms with Crippen molar-refractivity contribution in [2.24, 2.45) is 0 Å². The van der Waals surface area contributed by atoms with E-state index in [9.17, 15) is 14.4 Å². The van der Waals surface area contributed by atoms with Crippen LogP contribution < -0.4 is 5.32 Å². The predicted octanol–water partition coefficient (Wildman–Crippen LogP) is 5.33. The zero-order valence-corrected chi connectivity index (χ0v) is 23.6. The summed E-state index contributed by atoms with van der Waals surface area (Å²) in [5.41, 5.74) is 3.88. The number of aryl methyl sites for hydroxylation is 1. The molecule has 39 heavy (non-hydrogen) atoms. The molecule has 2 N–H and O–H groups in total. The summed E-state index contributed by atoms with van der Waals surface area (Å²) in [5.74, 6) is 0.295. The number of ketones is 1. The van der Waals surface area contributed by atoms with E-state index >= 15 is 0 Å². The van der Waals surface area contributed by atoms with Gasteiger partial charge in [-0.3, -0.25) is 9.59 Å². The number of fused-ring (bicyclic) bond motifs is 1. The number of Topliss-reactive ketones (excluding diaryl/α,β-unsaturated/α-hetero) is 1. The van der Waals surface area contributed by atoms with Crippen LogP contribution in [0.15, 0.2) is 48.5 Å². The van der Waals surface area contributed by atoms with Crippen LogP contribution in [-0.4, -0.2) is 63.2 Å². The number of carbonyl (C=O) groups is 3. The molecule has 0 spiro atoms. The molecule has 8 heteroatoms. The van der Waals surface area contributed by atoms with Crippen molar-refractivity contribution >= 4 is 28.8 Å². The standard InChI is InChI=1S/C31H41N5O3/c1-5-24-15-9-10-17-36(24)28(38)19-26(33-31(39)35(4)20-23-13-7-6-8-14-23)27(37)18-22(3)30-32-25-16-11-12-21(2)29(25)34-30/h6-8,11-14,16,22,24,26H,5,9-10,15,17-20H2,1-4H3,(H,32,34)(H,33,39)/t22-,24+,26+/m1/s1. The molecule has 0 unspecified atom stereocenters. The minimum absolute atomic E-state index is 0.0355. The van der Waals surface area contributed by atoms with Gasteiger partial charge < -0.3 is 20.1 Å². The molecule has 0 saturated carbocycles. The van der Waals surface area contributed by atoms with E-state index in [4.69, 9.17) is 4.98 Å². The molecule has 1 aliphatic heterocycles. The van der Waals surface area contributed by atoms with Crippen LogP contribution in [0.4, 0.5) is 4.79 Å². The van der Waals surface area contributed by atoms with Gasteiger partial charge in [-0.05, 0) is 49.8 Å². The summed E-state index contributed by atoms with van der Waals surface area (Å²) < 4.78 is 0. The number of piperidine rings is 1. The number of para-hydroxylation sites is 1. The van der Waals surface area contributed by atoms with E-state index in [0.717, 1.165) is 53.7 Å². The van der Waals surface area contributed by atoms with Crippen molar-refractivity contribution in [3.05, 3.63) is 65.5 Å². The predicted molar refractivity (Wildman–Crippen MR) is 153 cm³/mol. The van der Waals surface area contributed by atoms with Crippen LogP contribution in [0.5, 0.6) is 0 Å². The number of aromatic amines is 1. The number of likely N-dealkylation sites (tertiary alicyclic amines) is 1. The molecule has 1 fully saturated rings. The van der Waals surface area contributed by atoms with E-state index in [1.54, 1.807) is 11.9 Å². The van der Waals surface area contributed by atoms with Crippen LogP contribution in [0.25, 0.3) is 11.0 Å². The number of benzene rings is 2. The molecule has 3 atom stereocenters. The van der Waals surface area contributed by atoms with Crippen molar-refractivity contribution in [2.45, 2.75) is 83.8 Å². The van der Waals surface area contributed by atoms with Crippen LogP contribution in [0.2, 0.25) is 0 Å². The van der Waals surface area contributed by atoms with E-state index in [-0.39, 0.29) is 42.5 Å². The summed E-state index contributed by atoms with van der Waals surface area (Å²) in [4.78, 5) is 51.8. The normalized spacial score (nSPS) is 17.0. The number of nitrogens with zero attached hydrogens (tertiary/aromatic N) is 3. The van der Waals surface area contributed by atoms with Crippen molar-refractivity contribution < 1.29 is 14.4 Å². The fraction of sp³-hybridized carbons (Fsp3) is 0.484. The number of hydrogen-bond donors (Lipinski definition) is 2. The maximum atomic E-state index is 13.6. The highest BCUT2D eigenvalue weighted by atomic mass is 16.2. The quantitative estimate of drug-likeness (QED) is 0.370. The highest BCUT2D eigenvalue weighted by molar-refractivity contribution is 5.93. The lowest BCUT2D eigenvalue weighted by Crippen LogP contribution is -2.51. The fourth-order valence-corrected chi connectivity index (χ4v) is 5.45.